The number of nitrogens with one attached hydrogen (secondary N) is 1. The smallest absolute Gasteiger partial charge is 0.341 e. The number of ether oxygens (including phenoxy) is 2. The van der Waals surface area contributed by atoms with E-state index in [-0.39, 0.29) is 11.8 Å². The minimum atomic E-state index is -0.625. The van der Waals surface area contributed by atoms with Gasteiger partial charge in [-0.25, -0.2) is 4.79 Å². The molecule has 2 rings (SSSR count). The van der Waals surface area contributed by atoms with E-state index >= 15 is 0 Å². The summed E-state index contributed by atoms with van der Waals surface area (Å²) < 4.78 is 12.2. The van der Waals surface area contributed by atoms with Gasteiger partial charge in [-0.05, 0) is 68.1 Å². The molecule has 0 bridgehead atoms. The van der Waals surface area contributed by atoms with Crippen LogP contribution in [0.15, 0.2) is 15.0 Å². The number of hydrogen-bond donors (Lipinski definition) is 1. The summed E-state index contributed by atoms with van der Waals surface area (Å²) >= 11 is 6.91. The summed E-state index contributed by atoms with van der Waals surface area (Å²) in [4.78, 5) is 25.4. The van der Waals surface area contributed by atoms with Gasteiger partial charge in [0.25, 0.3) is 0 Å². The SMILES string of the molecule is Cc1c(Br)cc(Br)c(NC(=O)C2CCOCC2)c1C(=O)OC(C)(C)C. The van der Waals surface area contributed by atoms with E-state index in [4.69, 9.17) is 9.47 Å². The minimum absolute atomic E-state index is 0.101. The number of carbonyl (C=O) groups is 2. The number of hydrogen-bond acceptors (Lipinski definition) is 4. The summed E-state index contributed by atoms with van der Waals surface area (Å²) in [5, 5.41) is 2.92. The van der Waals surface area contributed by atoms with Crippen molar-refractivity contribution in [3.8, 4) is 0 Å². The van der Waals surface area contributed by atoms with Gasteiger partial charge in [-0.15, -0.1) is 0 Å². The van der Waals surface area contributed by atoms with E-state index in [0.717, 1.165) is 10.0 Å². The topological polar surface area (TPSA) is 64.6 Å². The molecular weight excluding hydrogens is 454 g/mol. The highest BCUT2D eigenvalue weighted by molar-refractivity contribution is 9.11. The molecule has 1 saturated heterocycles. The largest absolute Gasteiger partial charge is 0.456 e. The Kier molecular flexibility index (Phi) is 6.68. The summed E-state index contributed by atoms with van der Waals surface area (Å²) in [6.45, 7) is 8.42. The van der Waals surface area contributed by atoms with Crippen LogP contribution in [0.2, 0.25) is 0 Å². The van der Waals surface area contributed by atoms with Crippen molar-refractivity contribution in [3.63, 3.8) is 0 Å². The van der Waals surface area contributed by atoms with Gasteiger partial charge in [-0.3, -0.25) is 4.79 Å². The van der Waals surface area contributed by atoms with Crippen LogP contribution in [0, 0.1) is 12.8 Å². The molecular formula is C18H23Br2NO4. The van der Waals surface area contributed by atoms with Gasteiger partial charge < -0.3 is 14.8 Å². The third-order valence-corrected chi connectivity index (χ3v) is 5.37. The second-order valence-electron chi connectivity index (χ2n) is 7.09. The van der Waals surface area contributed by atoms with Gasteiger partial charge in [0.2, 0.25) is 5.91 Å². The third kappa shape index (κ3) is 5.28. The Morgan fingerprint density at radius 1 is 1.20 bits per heavy atom. The van der Waals surface area contributed by atoms with Crippen molar-refractivity contribution in [3.05, 3.63) is 26.1 Å². The average molecular weight is 477 g/mol. The lowest BCUT2D eigenvalue weighted by atomic mass is 9.98. The van der Waals surface area contributed by atoms with E-state index in [9.17, 15) is 9.59 Å². The molecule has 0 atom stereocenters. The molecule has 138 valence electrons. The first-order valence-electron chi connectivity index (χ1n) is 8.20. The van der Waals surface area contributed by atoms with Crippen molar-refractivity contribution in [1.82, 2.24) is 0 Å². The Hall–Kier alpha value is -0.920. The van der Waals surface area contributed by atoms with Crippen LogP contribution in [0.3, 0.4) is 0 Å². The van der Waals surface area contributed by atoms with Crippen molar-refractivity contribution < 1.29 is 19.1 Å². The predicted molar refractivity (Wildman–Crippen MR) is 104 cm³/mol. The zero-order valence-corrected chi connectivity index (χ0v) is 18.0. The fourth-order valence-corrected chi connectivity index (χ4v) is 3.87. The Balaban J connectivity index is 2.37. The van der Waals surface area contributed by atoms with Crippen LogP contribution in [0.25, 0.3) is 0 Å². The van der Waals surface area contributed by atoms with Gasteiger partial charge in [-0.2, -0.15) is 0 Å². The normalized spacial score (nSPS) is 15.8. The molecule has 0 saturated carbocycles. The molecule has 1 N–H and O–H groups in total. The van der Waals surface area contributed by atoms with E-state index in [1.54, 1.807) is 0 Å². The van der Waals surface area contributed by atoms with Crippen LogP contribution in [0.5, 0.6) is 0 Å². The van der Waals surface area contributed by atoms with E-state index in [0.29, 0.717) is 41.8 Å². The lowest BCUT2D eigenvalue weighted by Crippen LogP contribution is -2.30. The Bertz CT molecular complexity index is 677. The average Bonchev–Trinajstić information content (AvgIpc) is 2.51. The third-order valence-electron chi connectivity index (χ3n) is 3.92. The van der Waals surface area contributed by atoms with Crippen LogP contribution in [-0.2, 0) is 14.3 Å². The van der Waals surface area contributed by atoms with Gasteiger partial charge in [-0.1, -0.05) is 15.9 Å². The van der Waals surface area contributed by atoms with Crippen LogP contribution in [-0.4, -0.2) is 30.7 Å². The fraction of sp³-hybridized carbons (Fsp3) is 0.556. The lowest BCUT2D eigenvalue weighted by Gasteiger charge is -2.25. The highest BCUT2D eigenvalue weighted by Crippen LogP contribution is 2.36. The van der Waals surface area contributed by atoms with Crippen molar-refractivity contribution in [2.75, 3.05) is 18.5 Å². The van der Waals surface area contributed by atoms with E-state index in [1.165, 1.54) is 0 Å². The first kappa shape index (κ1) is 20.4. The van der Waals surface area contributed by atoms with Gasteiger partial charge in [0, 0.05) is 28.1 Å². The lowest BCUT2D eigenvalue weighted by molar-refractivity contribution is -0.122. The molecule has 1 aromatic carbocycles. The number of anilines is 1. The zero-order valence-electron chi connectivity index (χ0n) is 14.9. The van der Waals surface area contributed by atoms with E-state index in [1.807, 2.05) is 33.8 Å². The summed E-state index contributed by atoms with van der Waals surface area (Å²) in [7, 11) is 0. The van der Waals surface area contributed by atoms with Crippen molar-refractivity contribution in [2.24, 2.45) is 5.92 Å². The Morgan fingerprint density at radius 3 is 2.36 bits per heavy atom. The Morgan fingerprint density at radius 2 is 1.80 bits per heavy atom. The van der Waals surface area contributed by atoms with E-state index in [2.05, 4.69) is 37.2 Å². The first-order valence-corrected chi connectivity index (χ1v) is 9.79. The van der Waals surface area contributed by atoms with Gasteiger partial charge in [0.1, 0.15) is 5.60 Å². The van der Waals surface area contributed by atoms with Crippen LogP contribution < -0.4 is 5.32 Å². The molecule has 5 nitrogen and oxygen atoms in total. The van der Waals surface area contributed by atoms with Gasteiger partial charge in [0.05, 0.1) is 11.3 Å². The molecule has 1 aromatic rings. The number of carbonyl (C=O) groups excluding carboxylic acids is 2. The summed E-state index contributed by atoms with van der Waals surface area (Å²) in [5.41, 5.74) is 0.906. The van der Waals surface area contributed by atoms with Crippen molar-refractivity contribution in [2.45, 2.75) is 46.1 Å². The highest BCUT2D eigenvalue weighted by Gasteiger charge is 2.28. The second kappa shape index (κ2) is 8.18. The summed E-state index contributed by atoms with van der Waals surface area (Å²) in [6, 6.07) is 1.82. The number of benzene rings is 1. The predicted octanol–water partition coefficient (Wildman–Crippen LogP) is 4.84. The number of halogens is 2. The second-order valence-corrected chi connectivity index (χ2v) is 8.80. The molecule has 0 radical (unpaired) electrons. The molecule has 7 heteroatoms. The Labute approximate surface area is 165 Å². The molecule has 1 fully saturated rings. The molecule has 0 aliphatic carbocycles. The fourth-order valence-electron chi connectivity index (χ4n) is 2.61. The number of esters is 1. The highest BCUT2D eigenvalue weighted by atomic mass is 79.9. The monoisotopic (exact) mass is 475 g/mol. The summed E-state index contributed by atoms with van der Waals surface area (Å²) in [5.74, 6) is -0.680. The van der Waals surface area contributed by atoms with Crippen molar-refractivity contribution >= 4 is 49.4 Å². The zero-order chi connectivity index (χ0) is 18.8. The molecule has 1 heterocycles. The quantitative estimate of drug-likeness (QED) is 0.634. The first-order chi connectivity index (χ1) is 11.6. The maximum absolute atomic E-state index is 12.7. The van der Waals surface area contributed by atoms with Crippen molar-refractivity contribution in [1.29, 1.82) is 0 Å². The molecule has 0 spiro atoms. The van der Waals surface area contributed by atoms with Gasteiger partial charge in [0.15, 0.2) is 0 Å². The maximum Gasteiger partial charge on any atom is 0.341 e. The standard InChI is InChI=1S/C18H23Br2NO4/c1-10-12(19)9-13(20)15(14(10)17(23)25-18(2,3)4)21-16(22)11-5-7-24-8-6-11/h9,11H,5-8H2,1-4H3,(H,21,22). The molecule has 1 aliphatic heterocycles. The number of rotatable bonds is 3. The molecule has 25 heavy (non-hydrogen) atoms. The van der Waals surface area contributed by atoms with Gasteiger partial charge >= 0.3 is 5.97 Å². The molecule has 1 amide bonds. The van der Waals surface area contributed by atoms with Crippen LogP contribution >= 0.6 is 31.9 Å². The molecule has 0 unspecified atom stereocenters. The molecule has 0 aromatic heterocycles. The molecule has 1 aliphatic rings. The minimum Gasteiger partial charge on any atom is -0.456 e. The maximum atomic E-state index is 12.7. The van der Waals surface area contributed by atoms with Crippen LogP contribution in [0.4, 0.5) is 5.69 Å². The summed E-state index contributed by atoms with van der Waals surface area (Å²) in [6.07, 6.45) is 1.36. The van der Waals surface area contributed by atoms with E-state index < -0.39 is 11.6 Å². The number of amides is 1. The van der Waals surface area contributed by atoms with Crippen LogP contribution in [0.1, 0.15) is 49.5 Å².